The van der Waals surface area contributed by atoms with Crippen molar-refractivity contribution in [3.05, 3.63) is 81.6 Å². The summed E-state index contributed by atoms with van der Waals surface area (Å²) < 4.78 is 21.7. The number of halogens is 2. The zero-order valence-corrected chi connectivity index (χ0v) is 19.6. The first-order valence-electron chi connectivity index (χ1n) is 10.5. The average Bonchev–Trinajstić information content (AvgIpc) is 3.16. The summed E-state index contributed by atoms with van der Waals surface area (Å²) in [6.07, 6.45) is 4.35. The van der Waals surface area contributed by atoms with Gasteiger partial charge in [-0.2, -0.15) is 5.10 Å². The lowest BCUT2D eigenvalue weighted by Crippen LogP contribution is -2.10. The van der Waals surface area contributed by atoms with E-state index in [4.69, 9.17) is 21.7 Å². The van der Waals surface area contributed by atoms with Crippen LogP contribution in [-0.4, -0.2) is 31.4 Å². The molecule has 0 aliphatic carbocycles. The van der Waals surface area contributed by atoms with Crippen LogP contribution in [0.2, 0.25) is 0 Å². The number of aromatic nitrogens is 3. The monoisotopic (exact) mass is 486 g/mol. The van der Waals surface area contributed by atoms with Gasteiger partial charge >= 0.3 is 5.82 Å². The summed E-state index contributed by atoms with van der Waals surface area (Å²) in [5.74, 6) is -0.935. The van der Waals surface area contributed by atoms with E-state index in [0.29, 0.717) is 35.4 Å². The SMILES string of the molecule is CCN/C=C(/Cc1cn(C)nc1-c1ccc(F)cc1[C@@H](C)Oc1cccnc1[N+](=O)[O-])C(=N)Cl. The number of hydrogen-bond donors (Lipinski definition) is 2. The van der Waals surface area contributed by atoms with E-state index in [0.717, 1.165) is 5.56 Å². The van der Waals surface area contributed by atoms with E-state index in [1.54, 1.807) is 37.1 Å². The number of nitrogens with zero attached hydrogens (tertiary/aromatic N) is 4. The largest absolute Gasteiger partial charge is 0.478 e. The van der Waals surface area contributed by atoms with E-state index in [2.05, 4.69) is 15.4 Å². The Hall–Kier alpha value is -3.79. The van der Waals surface area contributed by atoms with E-state index in [-0.39, 0.29) is 10.9 Å². The molecule has 2 N–H and O–H groups in total. The Kier molecular flexibility index (Phi) is 7.95. The van der Waals surface area contributed by atoms with Gasteiger partial charge in [0.25, 0.3) is 0 Å². The first kappa shape index (κ1) is 24.8. The standard InChI is InChI=1S/C23H24ClFN6O3/c1-4-27-12-15(22(24)26)10-16-13-30(3)29-21(16)18-8-7-17(25)11-19(18)14(2)34-20-6-5-9-28-23(20)31(32)33/h5-9,11-14,26-27H,4,10H2,1-3H3/b15-12-,26-22?/t14-/m1/s1. The molecule has 3 rings (SSSR count). The summed E-state index contributed by atoms with van der Waals surface area (Å²) in [6, 6.07) is 7.19. The molecule has 0 fully saturated rings. The van der Waals surface area contributed by atoms with E-state index >= 15 is 0 Å². The second-order valence-corrected chi connectivity index (χ2v) is 7.85. The van der Waals surface area contributed by atoms with E-state index in [1.165, 1.54) is 30.5 Å². The molecular weight excluding hydrogens is 463 g/mol. The van der Waals surface area contributed by atoms with Gasteiger partial charge in [0.05, 0.1) is 5.69 Å². The van der Waals surface area contributed by atoms with Crippen LogP contribution in [0.3, 0.4) is 0 Å². The minimum atomic E-state index is -0.758. The lowest BCUT2D eigenvalue weighted by Gasteiger charge is -2.18. The Labute approximate surface area is 200 Å². The van der Waals surface area contributed by atoms with Crippen molar-refractivity contribution in [2.45, 2.75) is 26.4 Å². The van der Waals surface area contributed by atoms with Crippen molar-refractivity contribution in [2.75, 3.05) is 6.54 Å². The molecule has 3 aromatic rings. The van der Waals surface area contributed by atoms with Gasteiger partial charge in [0.2, 0.25) is 5.75 Å². The molecule has 0 aliphatic heterocycles. The van der Waals surface area contributed by atoms with Crippen molar-refractivity contribution in [3.8, 4) is 17.0 Å². The van der Waals surface area contributed by atoms with Crippen molar-refractivity contribution in [1.82, 2.24) is 20.1 Å². The Bertz CT molecular complexity index is 1240. The highest BCUT2D eigenvalue weighted by atomic mass is 35.5. The fraction of sp³-hybridized carbons (Fsp3) is 0.261. The Morgan fingerprint density at radius 3 is 2.88 bits per heavy atom. The molecule has 0 saturated heterocycles. The third-order valence-electron chi connectivity index (χ3n) is 4.98. The number of allylic oxidation sites excluding steroid dienone is 1. The van der Waals surface area contributed by atoms with Crippen molar-refractivity contribution >= 4 is 22.6 Å². The fourth-order valence-electron chi connectivity index (χ4n) is 3.47. The molecule has 1 aromatic carbocycles. The molecule has 1 atom stereocenters. The number of aryl methyl sites for hydroxylation is 1. The Morgan fingerprint density at radius 2 is 2.21 bits per heavy atom. The van der Waals surface area contributed by atoms with Crippen LogP contribution in [0.1, 0.15) is 31.1 Å². The van der Waals surface area contributed by atoms with Crippen LogP contribution >= 0.6 is 11.6 Å². The molecule has 0 unspecified atom stereocenters. The maximum Gasteiger partial charge on any atom is 0.406 e. The number of nitrogens with one attached hydrogen (secondary N) is 2. The number of nitro groups is 1. The molecule has 34 heavy (non-hydrogen) atoms. The van der Waals surface area contributed by atoms with Crippen LogP contribution in [0.4, 0.5) is 10.2 Å². The van der Waals surface area contributed by atoms with Crippen LogP contribution < -0.4 is 10.1 Å². The lowest BCUT2D eigenvalue weighted by molar-refractivity contribution is -0.390. The van der Waals surface area contributed by atoms with E-state index in [1.807, 2.05) is 6.92 Å². The molecule has 2 heterocycles. The minimum Gasteiger partial charge on any atom is -0.478 e. The molecule has 11 heteroatoms. The summed E-state index contributed by atoms with van der Waals surface area (Å²) >= 11 is 5.99. The highest BCUT2D eigenvalue weighted by molar-refractivity contribution is 6.68. The molecule has 0 aliphatic rings. The first-order chi connectivity index (χ1) is 16.2. The summed E-state index contributed by atoms with van der Waals surface area (Å²) in [5.41, 5.74) is 2.95. The van der Waals surface area contributed by atoms with Crippen LogP contribution in [-0.2, 0) is 13.5 Å². The second kappa shape index (κ2) is 10.9. The third-order valence-corrected chi connectivity index (χ3v) is 5.22. The maximum atomic E-state index is 14.3. The lowest BCUT2D eigenvalue weighted by atomic mass is 9.96. The summed E-state index contributed by atoms with van der Waals surface area (Å²) in [4.78, 5) is 14.4. The normalized spacial score (nSPS) is 12.3. The van der Waals surface area contributed by atoms with Gasteiger partial charge in [-0.05, 0) is 54.1 Å². The van der Waals surface area contributed by atoms with Gasteiger partial charge < -0.3 is 20.2 Å². The number of ether oxygens (including phenoxy) is 1. The van der Waals surface area contributed by atoms with Gasteiger partial charge in [-0.25, -0.2) is 4.39 Å². The highest BCUT2D eigenvalue weighted by Crippen LogP contribution is 2.35. The van der Waals surface area contributed by atoms with Crippen molar-refractivity contribution in [3.63, 3.8) is 0 Å². The molecule has 0 saturated carbocycles. The summed E-state index contributed by atoms with van der Waals surface area (Å²) in [6.45, 7) is 4.27. The molecule has 2 aromatic heterocycles. The molecule has 0 radical (unpaired) electrons. The quantitative estimate of drug-likeness (QED) is 0.238. The van der Waals surface area contributed by atoms with Gasteiger partial charge in [0.1, 0.15) is 23.3 Å². The van der Waals surface area contributed by atoms with E-state index < -0.39 is 22.7 Å². The summed E-state index contributed by atoms with van der Waals surface area (Å²) in [7, 11) is 1.76. The molecular formula is C23H24ClFN6O3. The molecule has 0 bridgehead atoms. The minimum absolute atomic E-state index is 0.0251. The van der Waals surface area contributed by atoms with Gasteiger partial charge in [-0.15, -0.1) is 0 Å². The van der Waals surface area contributed by atoms with Gasteiger partial charge in [0.15, 0.2) is 0 Å². The zero-order chi connectivity index (χ0) is 24.8. The highest BCUT2D eigenvalue weighted by Gasteiger charge is 2.23. The average molecular weight is 487 g/mol. The number of pyridine rings is 1. The van der Waals surface area contributed by atoms with Gasteiger partial charge in [-0.3, -0.25) is 10.1 Å². The smallest absolute Gasteiger partial charge is 0.406 e. The molecule has 0 spiro atoms. The third kappa shape index (κ3) is 5.76. The summed E-state index contributed by atoms with van der Waals surface area (Å²) in [5, 5.41) is 26.7. The molecule has 9 nitrogen and oxygen atoms in total. The Morgan fingerprint density at radius 1 is 1.44 bits per heavy atom. The Balaban J connectivity index is 2.04. The first-order valence-corrected chi connectivity index (χ1v) is 10.8. The van der Waals surface area contributed by atoms with Crippen molar-refractivity contribution in [1.29, 1.82) is 5.41 Å². The van der Waals surface area contributed by atoms with Crippen molar-refractivity contribution in [2.24, 2.45) is 7.05 Å². The van der Waals surface area contributed by atoms with Gasteiger partial charge in [0, 0.05) is 54.7 Å². The van der Waals surface area contributed by atoms with Gasteiger partial charge in [-0.1, -0.05) is 11.6 Å². The maximum absolute atomic E-state index is 14.3. The predicted octanol–water partition coefficient (Wildman–Crippen LogP) is 4.92. The number of rotatable bonds is 10. The zero-order valence-electron chi connectivity index (χ0n) is 18.9. The van der Waals surface area contributed by atoms with Crippen molar-refractivity contribution < 1.29 is 14.1 Å². The van der Waals surface area contributed by atoms with Crippen LogP contribution in [0.15, 0.2) is 54.5 Å². The number of hydrogen-bond acceptors (Lipinski definition) is 7. The topological polar surface area (TPSA) is 119 Å². The number of benzene rings is 1. The molecule has 0 amide bonds. The molecule has 178 valence electrons. The van der Waals surface area contributed by atoms with E-state index in [9.17, 15) is 14.5 Å². The van der Waals surface area contributed by atoms with Crippen LogP contribution in [0.5, 0.6) is 5.75 Å². The second-order valence-electron chi connectivity index (χ2n) is 7.47. The fourth-order valence-corrected chi connectivity index (χ4v) is 3.59. The van der Waals surface area contributed by atoms with Crippen LogP contribution in [0, 0.1) is 21.3 Å². The van der Waals surface area contributed by atoms with Crippen LogP contribution in [0.25, 0.3) is 11.3 Å². The predicted molar refractivity (Wildman–Crippen MR) is 128 cm³/mol.